The van der Waals surface area contributed by atoms with Crippen molar-refractivity contribution in [1.29, 1.82) is 0 Å². The van der Waals surface area contributed by atoms with Gasteiger partial charge in [0.2, 0.25) is 0 Å². The summed E-state index contributed by atoms with van der Waals surface area (Å²) < 4.78 is 5.09. The number of benzene rings is 1. The Bertz CT molecular complexity index is 529. The third-order valence-corrected chi connectivity index (χ3v) is 4.08. The van der Waals surface area contributed by atoms with Crippen LogP contribution in [0.5, 0.6) is 5.75 Å². The fourth-order valence-electron chi connectivity index (χ4n) is 2.12. The summed E-state index contributed by atoms with van der Waals surface area (Å²) in [7, 11) is 1.60. The van der Waals surface area contributed by atoms with Gasteiger partial charge in [0.1, 0.15) is 5.75 Å². The zero-order valence-corrected chi connectivity index (χ0v) is 15.3. The number of likely N-dealkylation sites (N-methyl/N-ethyl adjacent to an activating group) is 1. The smallest absolute Gasteiger partial charge is 0.279 e. The first-order chi connectivity index (χ1) is 11.3. The Morgan fingerprint density at radius 1 is 1.08 bits per heavy atom. The molecule has 1 unspecified atom stereocenters. The number of quaternary nitrogens is 1. The highest BCUT2D eigenvalue weighted by molar-refractivity contribution is 5.91. The maximum atomic E-state index is 12.2. The summed E-state index contributed by atoms with van der Waals surface area (Å²) in [6, 6.07) is 7.30. The molecule has 0 saturated heterocycles. The average molecular weight is 336 g/mol. The van der Waals surface area contributed by atoms with Crippen molar-refractivity contribution < 1.29 is 19.2 Å². The van der Waals surface area contributed by atoms with Crippen LogP contribution in [0.4, 0.5) is 5.69 Å². The number of ether oxygens (including phenoxy) is 1. The number of hydrogen-bond acceptors (Lipinski definition) is 3. The summed E-state index contributed by atoms with van der Waals surface area (Å²) in [5.74, 6) is 0.995. The fourth-order valence-corrected chi connectivity index (χ4v) is 2.12. The van der Waals surface area contributed by atoms with Crippen molar-refractivity contribution in [2.45, 2.75) is 33.7 Å². The van der Waals surface area contributed by atoms with Crippen LogP contribution in [0, 0.1) is 5.92 Å². The van der Waals surface area contributed by atoms with E-state index < -0.39 is 0 Å². The minimum Gasteiger partial charge on any atom is -0.497 e. The van der Waals surface area contributed by atoms with E-state index in [1.807, 2.05) is 13.8 Å². The number of carbonyl (C=O) groups is 2. The van der Waals surface area contributed by atoms with Gasteiger partial charge >= 0.3 is 0 Å². The van der Waals surface area contributed by atoms with Gasteiger partial charge in [0.05, 0.1) is 13.7 Å². The molecule has 0 heterocycles. The van der Waals surface area contributed by atoms with E-state index in [1.165, 1.54) is 0 Å². The normalized spacial score (nSPS) is 13.2. The number of anilines is 1. The molecule has 0 aliphatic heterocycles. The van der Waals surface area contributed by atoms with E-state index in [9.17, 15) is 9.59 Å². The average Bonchev–Trinajstić information content (AvgIpc) is 2.54. The summed E-state index contributed by atoms with van der Waals surface area (Å²) in [5.41, 5.74) is 0.717. The molecule has 3 N–H and O–H groups in total. The molecule has 1 aromatic rings. The molecule has 0 aromatic heterocycles. The van der Waals surface area contributed by atoms with Gasteiger partial charge in [-0.2, -0.15) is 0 Å². The fraction of sp³-hybridized carbons (Fsp3) is 0.556. The van der Waals surface area contributed by atoms with Crippen LogP contribution in [0.3, 0.4) is 0 Å². The van der Waals surface area contributed by atoms with Crippen molar-refractivity contribution in [3.05, 3.63) is 24.3 Å². The monoisotopic (exact) mass is 336 g/mol. The van der Waals surface area contributed by atoms with Crippen molar-refractivity contribution in [3.63, 3.8) is 0 Å². The molecule has 0 aliphatic rings. The summed E-state index contributed by atoms with van der Waals surface area (Å²) in [5, 5.41) is 5.82. The van der Waals surface area contributed by atoms with Gasteiger partial charge in [-0.3, -0.25) is 9.59 Å². The summed E-state index contributed by atoms with van der Waals surface area (Å²) in [6.07, 6.45) is 0. The summed E-state index contributed by atoms with van der Waals surface area (Å²) in [6.45, 7) is 9.35. The Morgan fingerprint density at radius 3 is 2.17 bits per heavy atom. The van der Waals surface area contributed by atoms with E-state index in [0.717, 1.165) is 10.6 Å². The topological polar surface area (TPSA) is 71.9 Å². The van der Waals surface area contributed by atoms with E-state index in [4.69, 9.17) is 4.74 Å². The molecule has 0 aliphatic carbocycles. The Labute approximate surface area is 144 Å². The molecule has 0 radical (unpaired) electrons. The van der Waals surface area contributed by atoms with Crippen LogP contribution in [-0.4, -0.2) is 44.6 Å². The Hall–Kier alpha value is -2.08. The van der Waals surface area contributed by atoms with Crippen LogP contribution >= 0.6 is 0 Å². The lowest BCUT2D eigenvalue weighted by atomic mass is 10.1. The number of hydrogen-bond donors (Lipinski definition) is 3. The van der Waals surface area contributed by atoms with Crippen LogP contribution in [0.2, 0.25) is 0 Å². The van der Waals surface area contributed by atoms with Gasteiger partial charge < -0.3 is 20.3 Å². The Balaban J connectivity index is 2.48. The predicted octanol–water partition coefficient (Wildman–Crippen LogP) is 0.699. The molecule has 1 rings (SSSR count). The van der Waals surface area contributed by atoms with Crippen LogP contribution in [-0.2, 0) is 9.59 Å². The third kappa shape index (κ3) is 7.00. The first-order valence-corrected chi connectivity index (χ1v) is 8.42. The van der Waals surface area contributed by atoms with Gasteiger partial charge in [0.25, 0.3) is 11.8 Å². The lowest BCUT2D eigenvalue weighted by Gasteiger charge is -2.20. The second kappa shape index (κ2) is 9.93. The molecule has 0 spiro atoms. The zero-order chi connectivity index (χ0) is 18.1. The van der Waals surface area contributed by atoms with Crippen LogP contribution in [0.25, 0.3) is 0 Å². The molecule has 2 atom stereocenters. The molecule has 1 aromatic carbocycles. The van der Waals surface area contributed by atoms with Gasteiger partial charge in [-0.1, -0.05) is 13.8 Å². The van der Waals surface area contributed by atoms with Crippen LogP contribution in [0.15, 0.2) is 24.3 Å². The lowest BCUT2D eigenvalue weighted by molar-refractivity contribution is -0.881. The van der Waals surface area contributed by atoms with Crippen LogP contribution in [0.1, 0.15) is 27.7 Å². The highest BCUT2D eigenvalue weighted by Crippen LogP contribution is 2.14. The molecular weight excluding hydrogens is 306 g/mol. The van der Waals surface area contributed by atoms with Crippen molar-refractivity contribution >= 4 is 17.5 Å². The van der Waals surface area contributed by atoms with Crippen molar-refractivity contribution in [3.8, 4) is 5.75 Å². The summed E-state index contributed by atoms with van der Waals surface area (Å²) >= 11 is 0. The molecule has 6 heteroatoms. The Morgan fingerprint density at radius 2 is 1.67 bits per heavy atom. The van der Waals surface area contributed by atoms with Crippen molar-refractivity contribution in [1.82, 2.24) is 5.32 Å². The minimum atomic E-state index is -0.110. The number of nitrogens with one attached hydrogen (secondary N) is 3. The third-order valence-electron chi connectivity index (χ3n) is 4.08. The van der Waals surface area contributed by atoms with E-state index >= 15 is 0 Å². The highest BCUT2D eigenvalue weighted by Gasteiger charge is 2.18. The van der Waals surface area contributed by atoms with Crippen molar-refractivity contribution in [2.24, 2.45) is 5.92 Å². The molecule has 134 valence electrons. The second-order valence-electron chi connectivity index (χ2n) is 6.33. The quantitative estimate of drug-likeness (QED) is 0.622. The number of methoxy groups -OCH3 is 1. The maximum Gasteiger partial charge on any atom is 0.279 e. The van der Waals surface area contributed by atoms with E-state index in [1.54, 1.807) is 31.4 Å². The first-order valence-electron chi connectivity index (χ1n) is 8.42. The van der Waals surface area contributed by atoms with E-state index in [2.05, 4.69) is 24.5 Å². The molecule has 0 bridgehead atoms. The molecule has 0 fully saturated rings. The van der Waals surface area contributed by atoms with Gasteiger partial charge in [-0.15, -0.1) is 0 Å². The number of rotatable bonds is 9. The molecule has 24 heavy (non-hydrogen) atoms. The molecule has 6 nitrogen and oxygen atoms in total. The molecule has 2 amide bonds. The van der Waals surface area contributed by atoms with E-state index in [0.29, 0.717) is 24.7 Å². The van der Waals surface area contributed by atoms with Crippen LogP contribution < -0.4 is 20.3 Å². The largest absolute Gasteiger partial charge is 0.497 e. The number of carbonyl (C=O) groups excluding carboxylic acids is 2. The summed E-state index contributed by atoms with van der Waals surface area (Å²) in [4.78, 5) is 25.1. The zero-order valence-electron chi connectivity index (χ0n) is 15.3. The van der Waals surface area contributed by atoms with Gasteiger partial charge in [-0.05, 0) is 44.0 Å². The molecular formula is C18H30N3O3+. The standard InChI is InChI=1S/C18H29N3O3/c1-6-21(11-17(22)19-14(4)13(2)3)12-18(23)20-15-7-9-16(24-5)10-8-15/h7-10,13-14H,6,11-12H2,1-5H3,(H,19,22)(H,20,23)/p+1/t14-/m1/s1. The van der Waals surface area contributed by atoms with Gasteiger partial charge in [0, 0.05) is 11.7 Å². The predicted molar refractivity (Wildman–Crippen MR) is 95.3 cm³/mol. The first kappa shape index (κ1) is 20.0. The van der Waals surface area contributed by atoms with E-state index in [-0.39, 0.29) is 24.4 Å². The highest BCUT2D eigenvalue weighted by atomic mass is 16.5. The minimum absolute atomic E-state index is 0.0229. The SMILES string of the molecule is CC[NH+](CC(=O)Nc1ccc(OC)cc1)CC(=O)N[C@H](C)C(C)C. The van der Waals surface area contributed by atoms with Gasteiger partial charge in [0.15, 0.2) is 13.1 Å². The second-order valence-corrected chi connectivity index (χ2v) is 6.33. The van der Waals surface area contributed by atoms with Crippen molar-refractivity contribution in [2.75, 3.05) is 32.1 Å². The lowest BCUT2D eigenvalue weighted by Crippen LogP contribution is -3.14. The number of amides is 2. The van der Waals surface area contributed by atoms with Gasteiger partial charge in [-0.25, -0.2) is 0 Å². The maximum absolute atomic E-state index is 12.2. The molecule has 0 saturated carbocycles. The Kier molecular flexibility index (Phi) is 8.26.